The maximum absolute atomic E-state index is 13.2. The number of ether oxygens (including phenoxy) is 1. The predicted molar refractivity (Wildman–Crippen MR) is 107 cm³/mol. The van der Waals surface area contributed by atoms with Gasteiger partial charge in [-0.05, 0) is 55.3 Å². The van der Waals surface area contributed by atoms with E-state index in [0.717, 1.165) is 17.0 Å². The molecule has 1 atom stereocenters. The Kier molecular flexibility index (Phi) is 5.96. The van der Waals surface area contributed by atoms with Gasteiger partial charge >= 0.3 is 5.97 Å². The lowest BCUT2D eigenvalue weighted by Gasteiger charge is -2.14. The number of halogens is 1. The first kappa shape index (κ1) is 21.2. The molecule has 30 heavy (non-hydrogen) atoms. The number of hydrogen-bond donors (Lipinski definition) is 1. The maximum atomic E-state index is 13.2. The quantitative estimate of drug-likeness (QED) is 0.582. The average molecular weight is 412 g/mol. The summed E-state index contributed by atoms with van der Waals surface area (Å²) in [5, 5.41) is 2.67. The smallest absolute Gasteiger partial charge is 0.338 e. The second kappa shape index (κ2) is 8.44. The molecule has 0 unspecified atom stereocenters. The third-order valence-corrected chi connectivity index (χ3v) is 4.54. The van der Waals surface area contributed by atoms with E-state index in [4.69, 9.17) is 4.74 Å². The third kappa shape index (κ3) is 4.22. The summed E-state index contributed by atoms with van der Waals surface area (Å²) in [6, 6.07) is 8.92. The largest absolute Gasteiger partial charge is 0.449 e. The fraction of sp³-hybridized carbons (Fsp3) is 0.273. The lowest BCUT2D eigenvalue weighted by molar-refractivity contribution is -0.129. The van der Waals surface area contributed by atoms with Crippen LogP contribution in [0.15, 0.2) is 42.5 Å². The number of benzene rings is 2. The molecule has 1 heterocycles. The van der Waals surface area contributed by atoms with Crippen LogP contribution in [0.5, 0.6) is 0 Å². The molecule has 7 nitrogen and oxygen atoms in total. The third-order valence-electron chi connectivity index (χ3n) is 4.54. The first-order valence-corrected chi connectivity index (χ1v) is 9.46. The minimum Gasteiger partial charge on any atom is -0.449 e. The topological polar surface area (TPSA) is 92.8 Å². The van der Waals surface area contributed by atoms with Gasteiger partial charge in [-0.2, -0.15) is 0 Å². The van der Waals surface area contributed by atoms with Gasteiger partial charge in [0.1, 0.15) is 5.82 Å². The number of imide groups is 1. The van der Waals surface area contributed by atoms with Crippen LogP contribution >= 0.6 is 0 Å². The standard InChI is InChI=1S/C22H21FN2O5/c1-12(2)11-24-19(26)13(3)30-22(29)14-4-9-17-18(10-14)21(28)25(20(17)27)16-7-5-15(23)6-8-16/h4-10,12-13H,11H2,1-3H3,(H,24,26)/t13-/m0/s1. The van der Waals surface area contributed by atoms with Crippen molar-refractivity contribution in [3.05, 3.63) is 65.0 Å². The molecule has 3 amide bonds. The molecule has 0 spiro atoms. The lowest BCUT2D eigenvalue weighted by Crippen LogP contribution is -2.37. The van der Waals surface area contributed by atoms with Crippen LogP contribution in [-0.4, -0.2) is 36.3 Å². The van der Waals surface area contributed by atoms with Crippen LogP contribution in [0.25, 0.3) is 0 Å². The fourth-order valence-corrected chi connectivity index (χ4v) is 2.92. The Morgan fingerprint density at radius 1 is 1.00 bits per heavy atom. The monoisotopic (exact) mass is 412 g/mol. The normalized spacial score (nSPS) is 14.0. The van der Waals surface area contributed by atoms with Gasteiger partial charge in [-0.15, -0.1) is 0 Å². The summed E-state index contributed by atoms with van der Waals surface area (Å²) >= 11 is 0. The van der Waals surface area contributed by atoms with E-state index in [2.05, 4.69) is 5.32 Å². The van der Waals surface area contributed by atoms with Gasteiger partial charge in [0.15, 0.2) is 6.10 Å². The second-order valence-corrected chi connectivity index (χ2v) is 7.37. The van der Waals surface area contributed by atoms with Crippen molar-refractivity contribution in [2.75, 3.05) is 11.4 Å². The molecule has 3 rings (SSSR count). The van der Waals surface area contributed by atoms with Crippen molar-refractivity contribution < 1.29 is 28.3 Å². The molecule has 0 aliphatic carbocycles. The van der Waals surface area contributed by atoms with E-state index in [1.54, 1.807) is 0 Å². The van der Waals surface area contributed by atoms with Gasteiger partial charge in [0.05, 0.1) is 22.4 Å². The van der Waals surface area contributed by atoms with E-state index in [0.29, 0.717) is 6.54 Å². The zero-order chi connectivity index (χ0) is 22.0. The highest BCUT2D eigenvalue weighted by Gasteiger charge is 2.37. The van der Waals surface area contributed by atoms with E-state index < -0.39 is 35.6 Å². The Morgan fingerprint density at radius 2 is 1.63 bits per heavy atom. The number of carbonyl (C=O) groups is 4. The van der Waals surface area contributed by atoms with Crippen LogP contribution in [0.3, 0.4) is 0 Å². The van der Waals surface area contributed by atoms with Gasteiger partial charge in [0.2, 0.25) is 0 Å². The molecule has 0 radical (unpaired) electrons. The van der Waals surface area contributed by atoms with Gasteiger partial charge < -0.3 is 10.1 Å². The zero-order valence-corrected chi connectivity index (χ0v) is 16.8. The minimum absolute atomic E-state index is 0.0377. The van der Waals surface area contributed by atoms with Crippen LogP contribution in [0.1, 0.15) is 51.8 Å². The molecular formula is C22H21FN2O5. The van der Waals surface area contributed by atoms with Gasteiger partial charge in [0, 0.05) is 6.54 Å². The summed E-state index contributed by atoms with van der Waals surface area (Å²) in [6.45, 7) is 5.78. The van der Waals surface area contributed by atoms with Gasteiger partial charge in [-0.25, -0.2) is 14.1 Å². The van der Waals surface area contributed by atoms with E-state index in [-0.39, 0.29) is 28.3 Å². The molecule has 0 fully saturated rings. The first-order valence-electron chi connectivity index (χ1n) is 9.46. The van der Waals surface area contributed by atoms with E-state index in [1.165, 1.54) is 37.3 Å². The molecule has 1 aliphatic heterocycles. The van der Waals surface area contributed by atoms with Gasteiger partial charge in [0.25, 0.3) is 17.7 Å². The number of rotatable bonds is 6. The van der Waals surface area contributed by atoms with Crippen LogP contribution in [0.4, 0.5) is 10.1 Å². The lowest BCUT2D eigenvalue weighted by atomic mass is 10.1. The Hall–Kier alpha value is -3.55. The zero-order valence-electron chi connectivity index (χ0n) is 16.8. The molecule has 1 aliphatic rings. The number of hydrogen-bond acceptors (Lipinski definition) is 5. The van der Waals surface area contributed by atoms with Crippen molar-refractivity contribution in [1.29, 1.82) is 0 Å². The van der Waals surface area contributed by atoms with Crippen LogP contribution in [0, 0.1) is 11.7 Å². The average Bonchev–Trinajstić information content (AvgIpc) is 2.96. The molecular weight excluding hydrogens is 391 g/mol. The van der Waals surface area contributed by atoms with Crippen molar-refractivity contribution in [3.8, 4) is 0 Å². The molecule has 2 aromatic rings. The Bertz CT molecular complexity index is 1020. The van der Waals surface area contributed by atoms with Crippen LogP contribution < -0.4 is 10.2 Å². The maximum Gasteiger partial charge on any atom is 0.338 e. The number of fused-ring (bicyclic) bond motifs is 1. The van der Waals surface area contributed by atoms with E-state index >= 15 is 0 Å². The second-order valence-electron chi connectivity index (χ2n) is 7.37. The minimum atomic E-state index is -1.02. The summed E-state index contributed by atoms with van der Waals surface area (Å²) in [5.41, 5.74) is 0.431. The number of amides is 3. The van der Waals surface area contributed by atoms with Crippen molar-refractivity contribution >= 4 is 29.4 Å². The number of nitrogens with zero attached hydrogens (tertiary/aromatic N) is 1. The van der Waals surface area contributed by atoms with Crippen molar-refractivity contribution in [2.24, 2.45) is 5.92 Å². The van der Waals surface area contributed by atoms with Crippen molar-refractivity contribution in [2.45, 2.75) is 26.9 Å². The number of esters is 1. The van der Waals surface area contributed by atoms with E-state index in [9.17, 15) is 23.6 Å². The highest BCUT2D eigenvalue weighted by atomic mass is 19.1. The number of nitrogens with one attached hydrogen (secondary N) is 1. The molecule has 0 saturated heterocycles. The molecule has 8 heteroatoms. The molecule has 0 aromatic heterocycles. The Labute approximate surface area is 172 Å². The van der Waals surface area contributed by atoms with Gasteiger partial charge in [-0.3, -0.25) is 14.4 Å². The van der Waals surface area contributed by atoms with E-state index in [1.807, 2.05) is 13.8 Å². The summed E-state index contributed by atoms with van der Waals surface area (Å²) in [7, 11) is 0. The first-order chi connectivity index (χ1) is 14.2. The highest BCUT2D eigenvalue weighted by Crippen LogP contribution is 2.29. The van der Waals surface area contributed by atoms with Crippen molar-refractivity contribution in [1.82, 2.24) is 5.32 Å². The van der Waals surface area contributed by atoms with Crippen molar-refractivity contribution in [3.63, 3.8) is 0 Å². The Morgan fingerprint density at radius 3 is 2.27 bits per heavy atom. The number of anilines is 1. The SMILES string of the molecule is CC(C)CNC(=O)[C@H](C)OC(=O)c1ccc2c(c1)C(=O)N(c1ccc(F)cc1)C2=O. The molecule has 2 aromatic carbocycles. The summed E-state index contributed by atoms with van der Waals surface area (Å²) in [5.74, 6) is -2.65. The van der Waals surface area contributed by atoms with Crippen LogP contribution in [0.2, 0.25) is 0 Å². The molecule has 1 N–H and O–H groups in total. The molecule has 0 saturated carbocycles. The summed E-state index contributed by atoms with van der Waals surface area (Å²) in [4.78, 5) is 50.7. The predicted octanol–water partition coefficient (Wildman–Crippen LogP) is 2.94. The van der Waals surface area contributed by atoms with Gasteiger partial charge in [-0.1, -0.05) is 13.8 Å². The molecule has 0 bridgehead atoms. The summed E-state index contributed by atoms with van der Waals surface area (Å²) in [6.07, 6.45) is -1.02. The fourth-order valence-electron chi connectivity index (χ4n) is 2.92. The summed E-state index contributed by atoms with van der Waals surface area (Å²) < 4.78 is 18.3. The molecule has 156 valence electrons. The highest BCUT2D eigenvalue weighted by molar-refractivity contribution is 6.34. The number of carbonyl (C=O) groups excluding carboxylic acids is 4. The Balaban J connectivity index is 1.76. The van der Waals surface area contributed by atoms with Crippen LogP contribution in [-0.2, 0) is 9.53 Å².